The van der Waals surface area contributed by atoms with E-state index in [9.17, 15) is 4.79 Å². The largest absolute Gasteiger partial charge is 0.493 e. The lowest BCUT2D eigenvalue weighted by atomic mass is 10.1. The molecule has 0 aliphatic carbocycles. The van der Waals surface area contributed by atoms with Crippen LogP contribution in [0.25, 0.3) is 10.8 Å². The Hall–Kier alpha value is -2.47. The molecule has 0 aliphatic heterocycles. The monoisotopic (exact) mass is 299 g/mol. The van der Waals surface area contributed by atoms with Gasteiger partial charge in [0.15, 0.2) is 0 Å². The molecule has 0 aliphatic rings. The Bertz CT molecular complexity index is 772. The number of carbonyl (C=O) groups excluding carboxylic acids is 1. The number of nitrogens with one attached hydrogen (secondary N) is 1. The van der Waals surface area contributed by atoms with Gasteiger partial charge in [-0.3, -0.25) is 10.1 Å². The maximum absolute atomic E-state index is 12.4. The molecule has 0 bridgehead atoms. The van der Waals surface area contributed by atoms with Crippen LogP contribution in [0.1, 0.15) is 17.3 Å². The first-order valence-corrected chi connectivity index (χ1v) is 7.39. The Balaban J connectivity index is 2.02. The number of hydrogen-bond donors (Lipinski definition) is 1. The van der Waals surface area contributed by atoms with Crippen molar-refractivity contribution in [2.75, 3.05) is 11.9 Å². The van der Waals surface area contributed by atoms with Gasteiger partial charge >= 0.3 is 0 Å². The number of ether oxygens (including phenoxy) is 1. The number of benzene rings is 2. The van der Waals surface area contributed by atoms with Crippen molar-refractivity contribution >= 4 is 33.1 Å². The molecular formula is C15H13N3O2S. The van der Waals surface area contributed by atoms with Crippen molar-refractivity contribution < 1.29 is 9.53 Å². The van der Waals surface area contributed by atoms with E-state index in [1.54, 1.807) is 5.51 Å². The standard InChI is InChI=1S/C15H13N3O2S/c1-2-20-13-8-11-6-4-3-5-10(11)7-12(13)14(19)17-15-18-16-9-21-15/h3-9H,2H2,1H3,(H,17,18,19). The molecule has 1 N–H and O–H groups in total. The highest BCUT2D eigenvalue weighted by atomic mass is 32.1. The minimum Gasteiger partial charge on any atom is -0.493 e. The zero-order valence-electron chi connectivity index (χ0n) is 11.4. The van der Waals surface area contributed by atoms with Gasteiger partial charge in [-0.05, 0) is 29.8 Å². The fourth-order valence-corrected chi connectivity index (χ4v) is 2.50. The third-order valence-corrected chi connectivity index (χ3v) is 3.58. The fraction of sp³-hybridized carbons (Fsp3) is 0.133. The average molecular weight is 299 g/mol. The molecule has 1 amide bonds. The summed E-state index contributed by atoms with van der Waals surface area (Å²) in [7, 11) is 0. The smallest absolute Gasteiger partial charge is 0.261 e. The highest BCUT2D eigenvalue weighted by Crippen LogP contribution is 2.27. The van der Waals surface area contributed by atoms with Gasteiger partial charge in [0, 0.05) is 0 Å². The van der Waals surface area contributed by atoms with Gasteiger partial charge in [-0.25, -0.2) is 0 Å². The summed E-state index contributed by atoms with van der Waals surface area (Å²) in [6, 6.07) is 11.6. The van der Waals surface area contributed by atoms with E-state index in [1.165, 1.54) is 11.3 Å². The van der Waals surface area contributed by atoms with Crippen molar-refractivity contribution in [2.24, 2.45) is 0 Å². The van der Waals surface area contributed by atoms with E-state index in [1.807, 2.05) is 43.3 Å². The molecule has 0 fully saturated rings. The predicted molar refractivity (Wildman–Crippen MR) is 83.0 cm³/mol. The number of carbonyl (C=O) groups is 1. The van der Waals surface area contributed by atoms with Gasteiger partial charge in [-0.1, -0.05) is 35.6 Å². The lowest BCUT2D eigenvalue weighted by Crippen LogP contribution is -2.13. The van der Waals surface area contributed by atoms with Crippen molar-refractivity contribution in [1.82, 2.24) is 10.2 Å². The van der Waals surface area contributed by atoms with Crippen LogP contribution in [0.4, 0.5) is 5.13 Å². The zero-order chi connectivity index (χ0) is 14.7. The van der Waals surface area contributed by atoms with E-state index in [-0.39, 0.29) is 5.91 Å². The molecule has 1 heterocycles. The molecule has 1 aromatic heterocycles. The number of nitrogens with zero attached hydrogens (tertiary/aromatic N) is 2. The van der Waals surface area contributed by atoms with Gasteiger partial charge in [-0.2, -0.15) is 0 Å². The molecule has 0 saturated carbocycles. The minimum absolute atomic E-state index is 0.249. The summed E-state index contributed by atoms with van der Waals surface area (Å²) in [5.74, 6) is 0.319. The van der Waals surface area contributed by atoms with Crippen molar-refractivity contribution in [2.45, 2.75) is 6.92 Å². The van der Waals surface area contributed by atoms with Gasteiger partial charge in [0.2, 0.25) is 5.13 Å². The molecule has 0 spiro atoms. The Morgan fingerprint density at radius 3 is 2.71 bits per heavy atom. The first kappa shape index (κ1) is 13.5. The third-order valence-electron chi connectivity index (χ3n) is 2.97. The summed E-state index contributed by atoms with van der Waals surface area (Å²) < 4.78 is 5.59. The SMILES string of the molecule is CCOc1cc2ccccc2cc1C(=O)Nc1nncs1. The van der Waals surface area contributed by atoms with Crippen LogP contribution >= 0.6 is 11.3 Å². The van der Waals surface area contributed by atoms with Gasteiger partial charge in [0.05, 0.1) is 12.2 Å². The number of fused-ring (bicyclic) bond motifs is 1. The summed E-state index contributed by atoms with van der Waals surface area (Å²) >= 11 is 1.27. The topological polar surface area (TPSA) is 64.1 Å². The molecule has 2 aromatic carbocycles. The van der Waals surface area contributed by atoms with Crippen LogP contribution in [0.3, 0.4) is 0 Å². The van der Waals surface area contributed by atoms with Crippen LogP contribution in [-0.4, -0.2) is 22.7 Å². The highest BCUT2D eigenvalue weighted by molar-refractivity contribution is 7.13. The van der Waals surface area contributed by atoms with Crippen LogP contribution in [0, 0.1) is 0 Å². The molecule has 0 radical (unpaired) electrons. The molecule has 5 nitrogen and oxygen atoms in total. The second-order valence-corrected chi connectivity index (χ2v) is 5.16. The average Bonchev–Trinajstić information content (AvgIpc) is 2.99. The molecular weight excluding hydrogens is 286 g/mol. The number of amides is 1. The van der Waals surface area contributed by atoms with E-state index >= 15 is 0 Å². The first-order valence-electron chi connectivity index (χ1n) is 6.51. The van der Waals surface area contributed by atoms with E-state index in [0.29, 0.717) is 23.1 Å². The van der Waals surface area contributed by atoms with Crippen molar-refractivity contribution in [3.8, 4) is 5.75 Å². The zero-order valence-corrected chi connectivity index (χ0v) is 12.2. The molecule has 3 aromatic rings. The second kappa shape index (κ2) is 5.88. The Kier molecular flexibility index (Phi) is 3.79. The fourth-order valence-electron chi connectivity index (χ4n) is 2.06. The van der Waals surface area contributed by atoms with E-state index in [4.69, 9.17) is 4.74 Å². The highest BCUT2D eigenvalue weighted by Gasteiger charge is 2.15. The summed E-state index contributed by atoms with van der Waals surface area (Å²) in [5.41, 5.74) is 2.06. The number of rotatable bonds is 4. The van der Waals surface area contributed by atoms with Gasteiger partial charge < -0.3 is 4.74 Å². The van der Waals surface area contributed by atoms with Crippen LogP contribution < -0.4 is 10.1 Å². The Morgan fingerprint density at radius 2 is 2.05 bits per heavy atom. The normalized spacial score (nSPS) is 10.5. The maximum atomic E-state index is 12.4. The van der Waals surface area contributed by atoms with Crippen LogP contribution in [0.5, 0.6) is 5.75 Å². The number of aromatic nitrogens is 2. The summed E-state index contributed by atoms with van der Waals surface area (Å²) in [4.78, 5) is 12.4. The molecule has 3 rings (SSSR count). The molecule has 6 heteroatoms. The molecule has 0 atom stereocenters. The minimum atomic E-state index is -0.249. The predicted octanol–water partition coefficient (Wildman–Crippen LogP) is 3.34. The van der Waals surface area contributed by atoms with E-state index in [0.717, 1.165) is 10.8 Å². The third kappa shape index (κ3) is 2.85. The Labute approximate surface area is 125 Å². The lowest BCUT2D eigenvalue weighted by molar-refractivity contribution is 0.102. The van der Waals surface area contributed by atoms with Gasteiger partial charge in [-0.15, -0.1) is 10.2 Å². The van der Waals surface area contributed by atoms with E-state index < -0.39 is 0 Å². The summed E-state index contributed by atoms with van der Waals surface area (Å²) in [6.45, 7) is 2.39. The number of anilines is 1. The van der Waals surface area contributed by atoms with E-state index in [2.05, 4.69) is 15.5 Å². The lowest BCUT2D eigenvalue weighted by Gasteiger charge is -2.11. The summed E-state index contributed by atoms with van der Waals surface area (Å²) in [5, 5.41) is 12.7. The van der Waals surface area contributed by atoms with Crippen LogP contribution in [0.2, 0.25) is 0 Å². The number of hydrogen-bond acceptors (Lipinski definition) is 5. The molecule has 21 heavy (non-hydrogen) atoms. The Morgan fingerprint density at radius 1 is 1.29 bits per heavy atom. The maximum Gasteiger partial charge on any atom is 0.261 e. The van der Waals surface area contributed by atoms with Gasteiger partial charge in [0.1, 0.15) is 11.3 Å². The van der Waals surface area contributed by atoms with Crippen molar-refractivity contribution in [3.05, 3.63) is 47.5 Å². The quantitative estimate of drug-likeness (QED) is 0.802. The molecule has 0 unspecified atom stereocenters. The second-order valence-electron chi connectivity index (χ2n) is 4.33. The van der Waals surface area contributed by atoms with Crippen LogP contribution in [-0.2, 0) is 0 Å². The first-order chi connectivity index (χ1) is 10.3. The van der Waals surface area contributed by atoms with Gasteiger partial charge in [0.25, 0.3) is 5.91 Å². The summed E-state index contributed by atoms with van der Waals surface area (Å²) in [6.07, 6.45) is 0. The van der Waals surface area contributed by atoms with Crippen molar-refractivity contribution in [1.29, 1.82) is 0 Å². The molecule has 106 valence electrons. The van der Waals surface area contributed by atoms with Crippen molar-refractivity contribution in [3.63, 3.8) is 0 Å². The molecule has 0 saturated heterocycles. The van der Waals surface area contributed by atoms with Crippen LogP contribution in [0.15, 0.2) is 41.9 Å².